The molecule has 0 radical (unpaired) electrons. The van der Waals surface area contributed by atoms with Crippen molar-refractivity contribution in [3.8, 4) is 0 Å². The fourth-order valence-corrected chi connectivity index (χ4v) is 1.40. The molecule has 15 heavy (non-hydrogen) atoms. The maximum atomic E-state index is 11.5. The highest BCUT2D eigenvalue weighted by atomic mass is 32.1. The molecule has 0 saturated carbocycles. The van der Waals surface area contributed by atoms with E-state index >= 15 is 0 Å². The van der Waals surface area contributed by atoms with Gasteiger partial charge in [-0.25, -0.2) is 0 Å². The second-order valence-electron chi connectivity index (χ2n) is 2.65. The summed E-state index contributed by atoms with van der Waals surface area (Å²) in [7, 11) is 3.00. The van der Waals surface area contributed by atoms with Crippen molar-refractivity contribution in [1.82, 2.24) is 10.6 Å². The van der Waals surface area contributed by atoms with Crippen LogP contribution >= 0.6 is 25.3 Å². The first kappa shape index (κ1) is 14.3. The number of nitrogens with zero attached hydrogens (tertiary/aromatic N) is 1. The SMILES string of the molecule is CN=C(CS)C(=O)N[C@@H](CS)C(=O)NC. The molecule has 0 aromatic carbocycles. The van der Waals surface area contributed by atoms with E-state index in [0.29, 0.717) is 0 Å². The monoisotopic (exact) mass is 249 g/mol. The minimum atomic E-state index is -0.650. The van der Waals surface area contributed by atoms with Crippen molar-refractivity contribution in [3.63, 3.8) is 0 Å². The Hall–Kier alpha value is -0.690. The van der Waals surface area contributed by atoms with Crippen LogP contribution in [0.3, 0.4) is 0 Å². The van der Waals surface area contributed by atoms with Gasteiger partial charge in [-0.15, -0.1) is 0 Å². The van der Waals surface area contributed by atoms with Crippen LogP contribution in [0.1, 0.15) is 0 Å². The van der Waals surface area contributed by atoms with E-state index in [-0.39, 0.29) is 23.1 Å². The van der Waals surface area contributed by atoms with Gasteiger partial charge in [0.2, 0.25) is 5.91 Å². The Morgan fingerprint density at radius 2 is 2.00 bits per heavy atom. The smallest absolute Gasteiger partial charge is 0.266 e. The molecule has 0 bridgehead atoms. The second kappa shape index (κ2) is 7.58. The molecule has 0 heterocycles. The number of carbonyl (C=O) groups excluding carboxylic acids is 2. The summed E-state index contributed by atoms with van der Waals surface area (Å²) in [6.07, 6.45) is 0. The maximum absolute atomic E-state index is 11.5. The standard InChI is InChI=1S/C8H15N3O2S2/c1-9-5(3-14)8(13)11-6(4-15)7(12)10-2/h6,14-15H,3-4H2,1-2H3,(H,10,12)(H,11,13)/t6-/m0/s1. The van der Waals surface area contributed by atoms with Gasteiger partial charge < -0.3 is 10.6 Å². The third-order valence-electron chi connectivity index (χ3n) is 1.73. The largest absolute Gasteiger partial charge is 0.357 e. The summed E-state index contributed by atoms with van der Waals surface area (Å²) in [5, 5.41) is 4.95. The molecule has 0 aromatic rings. The number of hydrogen-bond acceptors (Lipinski definition) is 5. The van der Waals surface area contributed by atoms with Gasteiger partial charge in [0, 0.05) is 25.6 Å². The summed E-state index contributed by atoms with van der Waals surface area (Å²) in [5.74, 6) is -0.215. The van der Waals surface area contributed by atoms with Gasteiger partial charge in [-0.2, -0.15) is 25.3 Å². The molecule has 86 valence electrons. The van der Waals surface area contributed by atoms with Crippen molar-refractivity contribution in [3.05, 3.63) is 0 Å². The van der Waals surface area contributed by atoms with E-state index in [4.69, 9.17) is 0 Å². The minimum absolute atomic E-state index is 0.231. The molecule has 1 atom stereocenters. The molecule has 2 N–H and O–H groups in total. The number of aliphatic imine (C=N–C) groups is 1. The highest BCUT2D eigenvalue weighted by Gasteiger charge is 2.19. The Bertz CT molecular complexity index is 269. The highest BCUT2D eigenvalue weighted by Crippen LogP contribution is 1.91. The van der Waals surface area contributed by atoms with Crippen LogP contribution < -0.4 is 10.6 Å². The minimum Gasteiger partial charge on any atom is -0.357 e. The Morgan fingerprint density at radius 1 is 1.40 bits per heavy atom. The van der Waals surface area contributed by atoms with Gasteiger partial charge in [-0.05, 0) is 0 Å². The van der Waals surface area contributed by atoms with Crippen molar-refractivity contribution < 1.29 is 9.59 Å². The normalized spacial score (nSPS) is 13.2. The molecule has 7 heteroatoms. The van der Waals surface area contributed by atoms with Crippen LogP contribution in [-0.4, -0.2) is 49.2 Å². The van der Waals surface area contributed by atoms with E-state index in [0.717, 1.165) is 0 Å². The van der Waals surface area contributed by atoms with Crippen LogP contribution in [0.4, 0.5) is 0 Å². The number of hydrogen-bond donors (Lipinski definition) is 4. The maximum Gasteiger partial charge on any atom is 0.266 e. The van der Waals surface area contributed by atoms with Gasteiger partial charge >= 0.3 is 0 Å². The molecule has 0 saturated heterocycles. The third-order valence-corrected chi connectivity index (χ3v) is 2.40. The van der Waals surface area contributed by atoms with Gasteiger partial charge in [-0.1, -0.05) is 0 Å². The van der Waals surface area contributed by atoms with Crippen LogP contribution in [0.5, 0.6) is 0 Å². The number of nitrogens with one attached hydrogen (secondary N) is 2. The Kier molecular flexibility index (Phi) is 7.23. The van der Waals surface area contributed by atoms with Crippen LogP contribution in [-0.2, 0) is 9.59 Å². The zero-order chi connectivity index (χ0) is 11.8. The third kappa shape index (κ3) is 4.57. The quantitative estimate of drug-likeness (QED) is 0.378. The molecule has 0 unspecified atom stereocenters. The van der Waals surface area contributed by atoms with Gasteiger partial charge in [0.05, 0.1) is 0 Å². The number of carbonyl (C=O) groups is 2. The van der Waals surface area contributed by atoms with Gasteiger partial charge in [0.15, 0.2) is 0 Å². The molecule has 0 aliphatic rings. The lowest BCUT2D eigenvalue weighted by molar-refractivity contribution is -0.125. The highest BCUT2D eigenvalue weighted by molar-refractivity contribution is 7.81. The Balaban J connectivity index is 4.43. The summed E-state index contributed by atoms with van der Waals surface area (Å²) in [4.78, 5) is 26.5. The first-order valence-electron chi connectivity index (χ1n) is 4.30. The molecule has 0 rings (SSSR count). The topological polar surface area (TPSA) is 70.6 Å². The Labute approximate surface area is 99.9 Å². The van der Waals surface area contributed by atoms with Crippen molar-refractivity contribution in [1.29, 1.82) is 0 Å². The zero-order valence-electron chi connectivity index (χ0n) is 8.65. The predicted octanol–water partition coefficient (Wildman–Crippen LogP) is -0.852. The fourth-order valence-electron chi connectivity index (χ4n) is 0.854. The van der Waals surface area contributed by atoms with E-state index in [2.05, 4.69) is 40.9 Å². The van der Waals surface area contributed by atoms with Gasteiger partial charge in [0.1, 0.15) is 11.8 Å². The van der Waals surface area contributed by atoms with Crippen molar-refractivity contribution >= 4 is 42.8 Å². The lowest BCUT2D eigenvalue weighted by Gasteiger charge is -2.14. The fraction of sp³-hybridized carbons (Fsp3) is 0.625. The Morgan fingerprint density at radius 3 is 2.33 bits per heavy atom. The molecule has 0 fully saturated rings. The van der Waals surface area contributed by atoms with Crippen molar-refractivity contribution in [2.24, 2.45) is 4.99 Å². The average molecular weight is 249 g/mol. The molecule has 5 nitrogen and oxygen atoms in total. The molecular formula is C8H15N3O2S2. The predicted molar refractivity (Wildman–Crippen MR) is 67.1 cm³/mol. The van der Waals surface area contributed by atoms with Gasteiger partial charge in [-0.3, -0.25) is 14.6 Å². The van der Waals surface area contributed by atoms with Crippen LogP contribution in [0.2, 0.25) is 0 Å². The molecule has 0 aliphatic carbocycles. The summed E-state index contributed by atoms with van der Waals surface area (Å²) in [6.45, 7) is 0. The summed E-state index contributed by atoms with van der Waals surface area (Å²) >= 11 is 7.93. The number of likely N-dealkylation sites (N-methyl/N-ethyl adjacent to an activating group) is 1. The van der Waals surface area contributed by atoms with Crippen molar-refractivity contribution in [2.45, 2.75) is 6.04 Å². The summed E-state index contributed by atoms with van der Waals surface area (Å²) in [6, 6.07) is -0.650. The average Bonchev–Trinajstić information content (AvgIpc) is 2.26. The van der Waals surface area contributed by atoms with Crippen LogP contribution in [0.25, 0.3) is 0 Å². The second-order valence-corrected chi connectivity index (χ2v) is 3.33. The first-order valence-corrected chi connectivity index (χ1v) is 5.57. The molecular weight excluding hydrogens is 234 g/mol. The number of rotatable bonds is 5. The molecule has 2 amide bonds. The van der Waals surface area contributed by atoms with Crippen LogP contribution in [0.15, 0.2) is 4.99 Å². The number of thiol groups is 2. The molecule has 0 spiro atoms. The molecule has 0 aliphatic heterocycles. The van der Waals surface area contributed by atoms with E-state index in [1.165, 1.54) is 14.1 Å². The van der Waals surface area contributed by atoms with E-state index < -0.39 is 11.9 Å². The van der Waals surface area contributed by atoms with Gasteiger partial charge in [0.25, 0.3) is 5.91 Å². The van der Waals surface area contributed by atoms with Crippen LogP contribution in [0, 0.1) is 0 Å². The molecule has 0 aromatic heterocycles. The van der Waals surface area contributed by atoms with E-state index in [1.54, 1.807) is 0 Å². The zero-order valence-corrected chi connectivity index (χ0v) is 10.4. The first-order chi connectivity index (χ1) is 7.10. The van der Waals surface area contributed by atoms with E-state index in [1.807, 2.05) is 0 Å². The summed E-state index contributed by atoms with van der Waals surface area (Å²) in [5.41, 5.74) is 0.286. The summed E-state index contributed by atoms with van der Waals surface area (Å²) < 4.78 is 0. The lowest BCUT2D eigenvalue weighted by atomic mass is 10.3. The lowest BCUT2D eigenvalue weighted by Crippen LogP contribution is -2.49. The number of amides is 2. The van der Waals surface area contributed by atoms with Crippen molar-refractivity contribution in [2.75, 3.05) is 25.6 Å². The van der Waals surface area contributed by atoms with E-state index in [9.17, 15) is 9.59 Å².